The smallest absolute Gasteiger partial charge is 0.234 e. The molecule has 0 saturated carbocycles. The summed E-state index contributed by atoms with van der Waals surface area (Å²) < 4.78 is 32.2. The van der Waals surface area contributed by atoms with Gasteiger partial charge in [0.1, 0.15) is 5.82 Å². The van der Waals surface area contributed by atoms with Crippen LogP contribution in [0.5, 0.6) is 0 Å². The fraction of sp³-hybridized carbons (Fsp3) is 0.444. The molecule has 0 atom stereocenters. The van der Waals surface area contributed by atoms with E-state index >= 15 is 0 Å². The van der Waals surface area contributed by atoms with Crippen LogP contribution in [0, 0.1) is 0 Å². The van der Waals surface area contributed by atoms with Crippen molar-refractivity contribution >= 4 is 21.7 Å². The summed E-state index contributed by atoms with van der Waals surface area (Å²) in [7, 11) is -3.47. The van der Waals surface area contributed by atoms with Crippen molar-refractivity contribution in [1.29, 1.82) is 0 Å². The highest BCUT2D eigenvalue weighted by Crippen LogP contribution is 2.09. The first kappa shape index (κ1) is 19.5. The van der Waals surface area contributed by atoms with Gasteiger partial charge in [-0.25, -0.2) is 8.42 Å². The third-order valence-corrected chi connectivity index (χ3v) is 5.53. The summed E-state index contributed by atoms with van der Waals surface area (Å²) >= 11 is 0. The lowest BCUT2D eigenvalue weighted by Gasteiger charge is -2.26. The molecule has 2 heterocycles. The molecule has 1 aromatic heterocycles. The SMILES string of the molecule is O=S(=O)(CCc1ccccc1)Nc1ccc(NCCN2CCOCC2)nn1. The summed E-state index contributed by atoms with van der Waals surface area (Å²) in [5.41, 5.74) is 0.980. The molecule has 0 unspecified atom stereocenters. The molecule has 0 bridgehead atoms. The number of ether oxygens (including phenoxy) is 1. The average Bonchev–Trinajstić information content (AvgIpc) is 2.69. The molecular formula is C18H25N5O3S. The molecule has 1 aliphatic rings. The van der Waals surface area contributed by atoms with Crippen LogP contribution in [-0.2, 0) is 21.2 Å². The largest absolute Gasteiger partial charge is 0.379 e. The number of aryl methyl sites for hydroxylation is 1. The summed E-state index contributed by atoms with van der Waals surface area (Å²) in [6.07, 6.45) is 0.449. The van der Waals surface area contributed by atoms with Crippen molar-refractivity contribution in [3.63, 3.8) is 0 Å². The Hall–Kier alpha value is -2.23. The Kier molecular flexibility index (Phi) is 6.97. The molecule has 0 spiro atoms. The van der Waals surface area contributed by atoms with Gasteiger partial charge in [-0.1, -0.05) is 30.3 Å². The molecule has 0 aliphatic carbocycles. The van der Waals surface area contributed by atoms with Crippen molar-refractivity contribution in [2.24, 2.45) is 0 Å². The third kappa shape index (κ3) is 6.78. The molecule has 9 heteroatoms. The molecule has 8 nitrogen and oxygen atoms in total. The standard InChI is InChI=1S/C18H25N5O3S/c24-27(25,15-8-16-4-2-1-3-5-16)22-18-7-6-17(20-21-18)19-9-10-23-11-13-26-14-12-23/h1-7H,8-15H2,(H,19,20)(H,21,22). The summed E-state index contributed by atoms with van der Waals surface area (Å²) in [5, 5.41) is 11.2. The van der Waals surface area contributed by atoms with Crippen molar-refractivity contribution in [2.75, 3.05) is 55.2 Å². The maximum Gasteiger partial charge on any atom is 0.234 e. The number of rotatable bonds is 9. The normalized spacial score (nSPS) is 15.4. The maximum absolute atomic E-state index is 12.2. The van der Waals surface area contributed by atoms with E-state index in [9.17, 15) is 8.42 Å². The first-order chi connectivity index (χ1) is 13.1. The number of benzene rings is 1. The molecule has 0 amide bonds. The van der Waals surface area contributed by atoms with E-state index in [-0.39, 0.29) is 11.6 Å². The van der Waals surface area contributed by atoms with Crippen LogP contribution < -0.4 is 10.0 Å². The Morgan fingerprint density at radius 3 is 2.41 bits per heavy atom. The van der Waals surface area contributed by atoms with Gasteiger partial charge in [0.15, 0.2) is 5.82 Å². The minimum absolute atomic E-state index is 0.00174. The molecule has 1 aliphatic heterocycles. The number of nitrogens with zero attached hydrogens (tertiary/aromatic N) is 3. The van der Waals surface area contributed by atoms with Crippen LogP contribution in [0.4, 0.5) is 11.6 Å². The second kappa shape index (κ2) is 9.63. The van der Waals surface area contributed by atoms with Crippen molar-refractivity contribution in [1.82, 2.24) is 15.1 Å². The van der Waals surface area contributed by atoms with E-state index in [2.05, 4.69) is 25.1 Å². The lowest BCUT2D eigenvalue weighted by molar-refractivity contribution is 0.0398. The Morgan fingerprint density at radius 2 is 1.70 bits per heavy atom. The molecular weight excluding hydrogens is 366 g/mol. The third-order valence-electron chi connectivity index (χ3n) is 4.26. The maximum atomic E-state index is 12.2. The Morgan fingerprint density at radius 1 is 1.00 bits per heavy atom. The predicted octanol–water partition coefficient (Wildman–Crippen LogP) is 1.21. The van der Waals surface area contributed by atoms with Crippen LogP contribution in [0.2, 0.25) is 0 Å². The summed E-state index contributed by atoms with van der Waals surface area (Å²) in [6.45, 7) is 5.09. The number of aromatic nitrogens is 2. The zero-order valence-electron chi connectivity index (χ0n) is 15.2. The monoisotopic (exact) mass is 391 g/mol. The molecule has 1 aromatic carbocycles. The highest BCUT2D eigenvalue weighted by Gasteiger charge is 2.12. The van der Waals surface area contributed by atoms with Crippen LogP contribution in [0.15, 0.2) is 42.5 Å². The first-order valence-electron chi connectivity index (χ1n) is 9.03. The van der Waals surface area contributed by atoms with Gasteiger partial charge in [-0.2, -0.15) is 0 Å². The molecule has 27 heavy (non-hydrogen) atoms. The molecule has 1 saturated heterocycles. The van der Waals surface area contributed by atoms with E-state index in [1.807, 2.05) is 30.3 Å². The average molecular weight is 391 g/mol. The number of nitrogens with one attached hydrogen (secondary N) is 2. The van der Waals surface area contributed by atoms with E-state index < -0.39 is 10.0 Å². The predicted molar refractivity (Wildman–Crippen MR) is 105 cm³/mol. The van der Waals surface area contributed by atoms with Gasteiger partial charge in [0, 0.05) is 26.2 Å². The van der Waals surface area contributed by atoms with Gasteiger partial charge in [-0.3, -0.25) is 9.62 Å². The fourth-order valence-corrected chi connectivity index (χ4v) is 3.79. The summed E-state index contributed by atoms with van der Waals surface area (Å²) in [5.74, 6) is 0.843. The van der Waals surface area contributed by atoms with E-state index in [0.29, 0.717) is 12.2 Å². The molecule has 2 N–H and O–H groups in total. The number of sulfonamides is 1. The van der Waals surface area contributed by atoms with Crippen molar-refractivity contribution < 1.29 is 13.2 Å². The molecule has 0 radical (unpaired) electrons. The number of anilines is 2. The zero-order valence-corrected chi connectivity index (χ0v) is 16.0. The molecule has 146 valence electrons. The van der Waals surface area contributed by atoms with Gasteiger partial charge >= 0.3 is 0 Å². The zero-order chi connectivity index (χ0) is 19.0. The van der Waals surface area contributed by atoms with Crippen LogP contribution in [0.1, 0.15) is 5.56 Å². The van der Waals surface area contributed by atoms with E-state index in [0.717, 1.165) is 45.0 Å². The van der Waals surface area contributed by atoms with Crippen molar-refractivity contribution in [3.8, 4) is 0 Å². The van der Waals surface area contributed by atoms with Crippen molar-refractivity contribution in [2.45, 2.75) is 6.42 Å². The van der Waals surface area contributed by atoms with Crippen LogP contribution in [0.25, 0.3) is 0 Å². The van der Waals surface area contributed by atoms with Crippen LogP contribution in [0.3, 0.4) is 0 Å². The van der Waals surface area contributed by atoms with Crippen molar-refractivity contribution in [3.05, 3.63) is 48.0 Å². The Balaban J connectivity index is 1.43. The number of hydrogen-bond acceptors (Lipinski definition) is 7. The highest BCUT2D eigenvalue weighted by molar-refractivity contribution is 7.92. The summed E-state index contributed by atoms with van der Waals surface area (Å²) in [6, 6.07) is 12.9. The minimum Gasteiger partial charge on any atom is -0.379 e. The minimum atomic E-state index is -3.47. The number of morpholine rings is 1. The van der Waals surface area contributed by atoms with E-state index in [1.165, 1.54) is 0 Å². The lowest BCUT2D eigenvalue weighted by Crippen LogP contribution is -2.39. The quantitative estimate of drug-likeness (QED) is 0.663. The fourth-order valence-electron chi connectivity index (χ4n) is 2.76. The topological polar surface area (TPSA) is 96.5 Å². The molecule has 2 aromatic rings. The van der Waals surface area contributed by atoms with E-state index in [1.54, 1.807) is 12.1 Å². The van der Waals surface area contributed by atoms with E-state index in [4.69, 9.17) is 4.74 Å². The molecule has 3 rings (SSSR count). The number of hydrogen-bond donors (Lipinski definition) is 2. The highest BCUT2D eigenvalue weighted by atomic mass is 32.2. The van der Waals surface area contributed by atoms with Gasteiger partial charge in [0.25, 0.3) is 0 Å². The molecule has 1 fully saturated rings. The Bertz CT molecular complexity index is 794. The van der Waals surface area contributed by atoms with Gasteiger partial charge in [0.05, 0.1) is 19.0 Å². The van der Waals surface area contributed by atoms with Gasteiger partial charge in [-0.15, -0.1) is 10.2 Å². The second-order valence-electron chi connectivity index (χ2n) is 6.34. The van der Waals surface area contributed by atoms with Gasteiger partial charge in [0.2, 0.25) is 10.0 Å². The lowest BCUT2D eigenvalue weighted by atomic mass is 10.2. The Labute approximate surface area is 160 Å². The van der Waals surface area contributed by atoms with Gasteiger partial charge in [-0.05, 0) is 24.1 Å². The van der Waals surface area contributed by atoms with Crippen LogP contribution in [-0.4, -0.2) is 68.7 Å². The second-order valence-corrected chi connectivity index (χ2v) is 8.18. The first-order valence-corrected chi connectivity index (χ1v) is 10.7. The van der Waals surface area contributed by atoms with Crippen LogP contribution >= 0.6 is 0 Å². The summed E-state index contributed by atoms with van der Waals surface area (Å²) in [4.78, 5) is 2.32. The van der Waals surface area contributed by atoms with Gasteiger partial charge < -0.3 is 10.1 Å².